The lowest BCUT2D eigenvalue weighted by molar-refractivity contribution is -0.135. The maximum absolute atomic E-state index is 12.5. The summed E-state index contributed by atoms with van der Waals surface area (Å²) >= 11 is 0. The Morgan fingerprint density at radius 1 is 1.50 bits per heavy atom. The van der Waals surface area contributed by atoms with Crippen LogP contribution in [0.15, 0.2) is 0 Å². The molecule has 0 aliphatic carbocycles. The summed E-state index contributed by atoms with van der Waals surface area (Å²) in [4.78, 5) is 14.2. The Hall–Kier alpha value is -1.37. The van der Waals surface area contributed by atoms with E-state index in [2.05, 4.69) is 10.2 Å². The smallest absolute Gasteiger partial charge is 0.227 e. The second-order valence-corrected chi connectivity index (χ2v) is 7.82. The van der Waals surface area contributed by atoms with E-state index >= 15 is 0 Å². The number of rotatable bonds is 2. The van der Waals surface area contributed by atoms with Crippen molar-refractivity contribution in [2.45, 2.75) is 32.7 Å². The number of fused-ring (bicyclic) bond motifs is 1. The minimum absolute atomic E-state index is 0.0139. The quantitative estimate of drug-likeness (QED) is 0.850. The first kappa shape index (κ1) is 13.6. The van der Waals surface area contributed by atoms with Gasteiger partial charge < -0.3 is 4.90 Å². The average Bonchev–Trinajstić information content (AvgIpc) is 3.00. The van der Waals surface area contributed by atoms with Crippen LogP contribution in [0, 0.1) is 5.92 Å². The Kier molecular flexibility index (Phi) is 3.32. The summed E-state index contributed by atoms with van der Waals surface area (Å²) in [6, 6.07) is 0. The molecule has 2 aliphatic heterocycles. The highest BCUT2D eigenvalue weighted by atomic mass is 32.2. The lowest BCUT2D eigenvalue weighted by Crippen LogP contribution is -2.40. The van der Waals surface area contributed by atoms with Crippen molar-refractivity contribution < 1.29 is 13.2 Å². The Morgan fingerprint density at radius 3 is 2.95 bits per heavy atom. The minimum Gasteiger partial charge on any atom is -0.338 e. The van der Waals surface area contributed by atoms with Crippen LogP contribution in [0.4, 0.5) is 0 Å². The third-order valence-electron chi connectivity index (χ3n) is 4.25. The number of hydrogen-bond acceptors (Lipinski definition) is 4. The van der Waals surface area contributed by atoms with Crippen LogP contribution in [0.3, 0.4) is 0 Å². The van der Waals surface area contributed by atoms with Gasteiger partial charge in [0, 0.05) is 30.8 Å². The van der Waals surface area contributed by atoms with E-state index in [0.29, 0.717) is 19.5 Å². The van der Waals surface area contributed by atoms with Crippen LogP contribution in [-0.2, 0) is 34.0 Å². The summed E-state index contributed by atoms with van der Waals surface area (Å²) in [6.07, 6.45) is 2.08. The predicted molar refractivity (Wildman–Crippen MR) is 73.8 cm³/mol. The zero-order chi connectivity index (χ0) is 14.3. The van der Waals surface area contributed by atoms with Gasteiger partial charge in [-0.2, -0.15) is 5.10 Å². The number of nitrogens with one attached hydrogen (secondary N) is 1. The molecule has 0 radical (unpaired) electrons. The van der Waals surface area contributed by atoms with Crippen molar-refractivity contribution in [1.82, 2.24) is 15.1 Å². The number of carbonyl (C=O) groups excluding carboxylic acids is 1. The van der Waals surface area contributed by atoms with E-state index in [1.54, 1.807) is 4.90 Å². The molecule has 7 heteroatoms. The van der Waals surface area contributed by atoms with Crippen molar-refractivity contribution in [2.24, 2.45) is 5.92 Å². The highest BCUT2D eigenvalue weighted by Gasteiger charge is 2.36. The molecule has 20 heavy (non-hydrogen) atoms. The van der Waals surface area contributed by atoms with Crippen molar-refractivity contribution in [1.29, 1.82) is 0 Å². The van der Waals surface area contributed by atoms with E-state index in [1.807, 2.05) is 6.92 Å². The average molecular weight is 297 g/mol. The van der Waals surface area contributed by atoms with Crippen LogP contribution in [-0.4, -0.2) is 47.5 Å². The molecule has 110 valence electrons. The van der Waals surface area contributed by atoms with Crippen LogP contribution in [0.25, 0.3) is 0 Å². The monoisotopic (exact) mass is 297 g/mol. The summed E-state index contributed by atoms with van der Waals surface area (Å²) < 4.78 is 23.0. The highest BCUT2D eigenvalue weighted by molar-refractivity contribution is 7.91. The van der Waals surface area contributed by atoms with Gasteiger partial charge in [-0.3, -0.25) is 9.89 Å². The fraction of sp³-hybridized carbons (Fsp3) is 0.692. The maximum atomic E-state index is 12.5. The van der Waals surface area contributed by atoms with E-state index < -0.39 is 9.84 Å². The van der Waals surface area contributed by atoms with E-state index in [9.17, 15) is 13.2 Å². The van der Waals surface area contributed by atoms with E-state index in [1.165, 1.54) is 0 Å². The SMILES string of the molecule is CCc1n[nH]c2c1CN(C(=O)C1CCS(=O)(=O)C1)CC2. The van der Waals surface area contributed by atoms with E-state index in [4.69, 9.17) is 0 Å². The molecule has 6 nitrogen and oxygen atoms in total. The Bertz CT molecular complexity index is 622. The number of aromatic nitrogens is 2. The second kappa shape index (κ2) is 4.87. The van der Waals surface area contributed by atoms with Crippen LogP contribution in [0.1, 0.15) is 30.3 Å². The van der Waals surface area contributed by atoms with Crippen molar-refractivity contribution in [2.75, 3.05) is 18.1 Å². The number of carbonyl (C=O) groups is 1. The zero-order valence-corrected chi connectivity index (χ0v) is 12.4. The van der Waals surface area contributed by atoms with Gasteiger partial charge in [0.25, 0.3) is 0 Å². The van der Waals surface area contributed by atoms with Gasteiger partial charge in [0.2, 0.25) is 5.91 Å². The predicted octanol–water partition coefficient (Wildman–Crippen LogP) is 0.291. The van der Waals surface area contributed by atoms with Gasteiger partial charge in [-0.1, -0.05) is 6.92 Å². The van der Waals surface area contributed by atoms with Crippen LogP contribution >= 0.6 is 0 Å². The van der Waals surface area contributed by atoms with Crippen LogP contribution < -0.4 is 0 Å². The van der Waals surface area contributed by atoms with E-state index in [0.717, 1.165) is 29.8 Å². The first-order valence-electron chi connectivity index (χ1n) is 7.04. The van der Waals surface area contributed by atoms with Gasteiger partial charge in [0.05, 0.1) is 23.1 Å². The number of aryl methyl sites for hydroxylation is 1. The van der Waals surface area contributed by atoms with Crippen molar-refractivity contribution in [3.05, 3.63) is 17.0 Å². The van der Waals surface area contributed by atoms with Crippen molar-refractivity contribution >= 4 is 15.7 Å². The molecule has 1 saturated heterocycles. The van der Waals surface area contributed by atoms with E-state index in [-0.39, 0.29) is 23.3 Å². The molecule has 1 aromatic rings. The number of sulfone groups is 1. The number of amides is 1. The molecule has 0 spiro atoms. The maximum Gasteiger partial charge on any atom is 0.227 e. The first-order valence-corrected chi connectivity index (χ1v) is 8.86. The molecule has 0 bridgehead atoms. The summed E-state index contributed by atoms with van der Waals surface area (Å²) in [6.45, 7) is 3.25. The number of aromatic amines is 1. The molecule has 0 saturated carbocycles. The van der Waals surface area contributed by atoms with Crippen molar-refractivity contribution in [3.63, 3.8) is 0 Å². The molecule has 3 heterocycles. The zero-order valence-electron chi connectivity index (χ0n) is 11.6. The van der Waals surface area contributed by atoms with Gasteiger partial charge in [-0.15, -0.1) is 0 Å². The summed E-state index contributed by atoms with van der Waals surface area (Å²) in [5.41, 5.74) is 3.24. The van der Waals surface area contributed by atoms with Gasteiger partial charge >= 0.3 is 0 Å². The molecule has 1 amide bonds. The molecule has 3 rings (SSSR count). The van der Waals surface area contributed by atoms with Crippen molar-refractivity contribution in [3.8, 4) is 0 Å². The molecule has 1 aromatic heterocycles. The summed E-state index contributed by atoms with van der Waals surface area (Å²) in [5.74, 6) is -0.200. The normalized spacial score (nSPS) is 24.6. The third kappa shape index (κ3) is 2.34. The topological polar surface area (TPSA) is 83.1 Å². The Labute approximate surface area is 118 Å². The molecular weight excluding hydrogens is 278 g/mol. The molecule has 1 N–H and O–H groups in total. The van der Waals surface area contributed by atoms with Gasteiger partial charge in [0.1, 0.15) is 0 Å². The molecule has 1 fully saturated rings. The molecule has 0 aromatic carbocycles. The van der Waals surface area contributed by atoms with Gasteiger partial charge in [-0.05, 0) is 12.8 Å². The second-order valence-electron chi connectivity index (χ2n) is 5.59. The first-order chi connectivity index (χ1) is 9.50. The highest BCUT2D eigenvalue weighted by Crippen LogP contribution is 2.25. The molecule has 2 aliphatic rings. The molecule has 1 atom stereocenters. The van der Waals surface area contributed by atoms with Gasteiger partial charge in [0.15, 0.2) is 9.84 Å². The molecule has 1 unspecified atom stereocenters. The number of hydrogen-bond donors (Lipinski definition) is 1. The number of nitrogens with zero attached hydrogens (tertiary/aromatic N) is 2. The largest absolute Gasteiger partial charge is 0.338 e. The fourth-order valence-corrected chi connectivity index (χ4v) is 4.82. The minimum atomic E-state index is -3.01. The lowest BCUT2D eigenvalue weighted by atomic mass is 10.0. The summed E-state index contributed by atoms with van der Waals surface area (Å²) in [5, 5.41) is 7.31. The Balaban J connectivity index is 1.75. The van der Waals surface area contributed by atoms with Crippen LogP contribution in [0.5, 0.6) is 0 Å². The summed E-state index contributed by atoms with van der Waals surface area (Å²) in [7, 11) is -3.01. The third-order valence-corrected chi connectivity index (χ3v) is 6.02. The number of H-pyrrole nitrogens is 1. The standard InChI is InChI=1S/C13H19N3O3S/c1-2-11-10-7-16(5-3-12(10)15-14-11)13(17)9-4-6-20(18,19)8-9/h9H,2-8H2,1H3,(H,14,15). The van der Waals surface area contributed by atoms with Gasteiger partial charge in [-0.25, -0.2) is 8.42 Å². The Morgan fingerprint density at radius 2 is 2.30 bits per heavy atom. The lowest BCUT2D eigenvalue weighted by Gasteiger charge is -2.29. The molecular formula is C13H19N3O3S. The fourth-order valence-electron chi connectivity index (χ4n) is 3.08. The van der Waals surface area contributed by atoms with Crippen LogP contribution in [0.2, 0.25) is 0 Å².